The molecule has 4 heteroatoms. The summed E-state index contributed by atoms with van der Waals surface area (Å²) in [5.74, 6) is 0.471. The highest BCUT2D eigenvalue weighted by Gasteiger charge is 2.13. The zero-order valence-corrected chi connectivity index (χ0v) is 11.1. The molecule has 0 bridgehead atoms. The first-order valence-corrected chi connectivity index (χ1v) is 5.96. The molecule has 0 saturated heterocycles. The number of hydrogen-bond donors (Lipinski definition) is 0. The minimum atomic E-state index is 0.0145. The average molecular weight is 291 g/mol. The molecule has 0 spiro atoms. The van der Waals surface area contributed by atoms with Crippen LogP contribution in [0.4, 0.5) is 0 Å². The molecule has 1 aromatic carbocycles. The average Bonchev–Trinajstić information content (AvgIpc) is 2.17. The number of rotatable bonds is 3. The molecule has 82 valence electrons. The fourth-order valence-electron chi connectivity index (χ4n) is 1.30. The Labute approximate surface area is 103 Å². The standard InChI is InChI=1S/C11H13BrClNO/c1-8-7-9(12)3-4-10(8)11(15)14(2)6-5-13/h3-4,7H,5-6H2,1-2H3. The van der Waals surface area contributed by atoms with E-state index in [0.29, 0.717) is 12.4 Å². The van der Waals surface area contributed by atoms with Crippen LogP contribution >= 0.6 is 27.5 Å². The van der Waals surface area contributed by atoms with E-state index in [1.807, 2.05) is 25.1 Å². The van der Waals surface area contributed by atoms with E-state index in [2.05, 4.69) is 15.9 Å². The Hall–Kier alpha value is -0.540. The molecule has 0 saturated carbocycles. The van der Waals surface area contributed by atoms with Crippen molar-refractivity contribution < 1.29 is 4.79 Å². The Morgan fingerprint density at radius 2 is 2.20 bits per heavy atom. The molecule has 2 nitrogen and oxygen atoms in total. The fraction of sp³-hybridized carbons (Fsp3) is 0.364. The van der Waals surface area contributed by atoms with E-state index in [1.54, 1.807) is 11.9 Å². The first kappa shape index (κ1) is 12.5. The molecule has 0 atom stereocenters. The summed E-state index contributed by atoms with van der Waals surface area (Å²) in [6, 6.07) is 5.63. The zero-order chi connectivity index (χ0) is 11.4. The van der Waals surface area contributed by atoms with E-state index >= 15 is 0 Å². The third kappa shape index (κ3) is 3.21. The van der Waals surface area contributed by atoms with Crippen LogP contribution in [0.2, 0.25) is 0 Å². The molecule has 0 fully saturated rings. The third-order valence-corrected chi connectivity index (χ3v) is 2.85. The number of carbonyl (C=O) groups is 1. The Kier molecular flexibility index (Phi) is 4.61. The smallest absolute Gasteiger partial charge is 0.253 e. The van der Waals surface area contributed by atoms with Crippen molar-refractivity contribution in [3.05, 3.63) is 33.8 Å². The lowest BCUT2D eigenvalue weighted by molar-refractivity contribution is 0.0802. The van der Waals surface area contributed by atoms with Crippen LogP contribution in [0.25, 0.3) is 0 Å². The van der Waals surface area contributed by atoms with Gasteiger partial charge < -0.3 is 4.90 Å². The van der Waals surface area contributed by atoms with Crippen LogP contribution in [0.1, 0.15) is 15.9 Å². The Balaban J connectivity index is 2.91. The van der Waals surface area contributed by atoms with Gasteiger partial charge in [0.1, 0.15) is 0 Å². The number of benzene rings is 1. The van der Waals surface area contributed by atoms with Gasteiger partial charge in [0.25, 0.3) is 5.91 Å². The monoisotopic (exact) mass is 289 g/mol. The second kappa shape index (κ2) is 5.52. The Bertz CT molecular complexity index is 368. The highest BCUT2D eigenvalue weighted by molar-refractivity contribution is 9.10. The molecule has 0 aliphatic rings. The highest BCUT2D eigenvalue weighted by Crippen LogP contribution is 2.17. The lowest BCUT2D eigenvalue weighted by atomic mass is 10.1. The number of aryl methyl sites for hydroxylation is 1. The highest BCUT2D eigenvalue weighted by atomic mass is 79.9. The second-order valence-corrected chi connectivity index (χ2v) is 4.67. The number of amides is 1. The number of alkyl halides is 1. The van der Waals surface area contributed by atoms with Gasteiger partial charge in [0.05, 0.1) is 0 Å². The van der Waals surface area contributed by atoms with Crippen molar-refractivity contribution in [3.8, 4) is 0 Å². The van der Waals surface area contributed by atoms with E-state index in [9.17, 15) is 4.79 Å². The maximum Gasteiger partial charge on any atom is 0.253 e. The van der Waals surface area contributed by atoms with E-state index in [0.717, 1.165) is 15.6 Å². The number of nitrogens with zero attached hydrogens (tertiary/aromatic N) is 1. The summed E-state index contributed by atoms with van der Waals surface area (Å²) in [4.78, 5) is 13.5. The molecule has 0 N–H and O–H groups in total. The van der Waals surface area contributed by atoms with Crippen LogP contribution in [-0.2, 0) is 0 Å². The summed E-state index contributed by atoms with van der Waals surface area (Å²) < 4.78 is 0.983. The minimum absolute atomic E-state index is 0.0145. The molecular weight excluding hydrogens is 277 g/mol. The minimum Gasteiger partial charge on any atom is -0.341 e. The van der Waals surface area contributed by atoms with Gasteiger partial charge in [0.15, 0.2) is 0 Å². The van der Waals surface area contributed by atoms with E-state index in [4.69, 9.17) is 11.6 Å². The van der Waals surface area contributed by atoms with Gasteiger partial charge in [-0.05, 0) is 30.7 Å². The predicted octanol–water partition coefficient (Wildman–Crippen LogP) is 3.07. The lowest BCUT2D eigenvalue weighted by Crippen LogP contribution is -2.29. The molecule has 0 unspecified atom stereocenters. The van der Waals surface area contributed by atoms with Crippen molar-refractivity contribution in [1.82, 2.24) is 4.90 Å². The van der Waals surface area contributed by atoms with Crippen molar-refractivity contribution in [2.24, 2.45) is 0 Å². The predicted molar refractivity (Wildman–Crippen MR) is 66.6 cm³/mol. The molecular formula is C11H13BrClNO. The molecule has 1 aromatic rings. The normalized spacial score (nSPS) is 10.1. The molecule has 0 aromatic heterocycles. The van der Waals surface area contributed by atoms with E-state index < -0.39 is 0 Å². The zero-order valence-electron chi connectivity index (χ0n) is 8.76. The molecule has 1 amide bonds. The van der Waals surface area contributed by atoms with E-state index in [1.165, 1.54) is 0 Å². The summed E-state index contributed by atoms with van der Waals surface area (Å²) in [6.07, 6.45) is 0. The second-order valence-electron chi connectivity index (χ2n) is 3.37. The fourth-order valence-corrected chi connectivity index (χ4v) is 2.03. The third-order valence-electron chi connectivity index (χ3n) is 2.19. The van der Waals surface area contributed by atoms with Crippen molar-refractivity contribution in [2.75, 3.05) is 19.5 Å². The van der Waals surface area contributed by atoms with Crippen molar-refractivity contribution in [1.29, 1.82) is 0 Å². The summed E-state index contributed by atoms with van der Waals surface area (Å²) in [6.45, 7) is 2.49. The van der Waals surface area contributed by atoms with Gasteiger partial charge in [-0.15, -0.1) is 11.6 Å². The van der Waals surface area contributed by atoms with Gasteiger partial charge in [-0.2, -0.15) is 0 Å². The summed E-state index contributed by atoms with van der Waals surface area (Å²) in [7, 11) is 1.76. The van der Waals surface area contributed by atoms with Gasteiger partial charge in [-0.1, -0.05) is 15.9 Å². The maximum atomic E-state index is 11.9. The van der Waals surface area contributed by atoms with Crippen LogP contribution in [0, 0.1) is 6.92 Å². The molecule has 0 aliphatic carbocycles. The van der Waals surface area contributed by atoms with Crippen LogP contribution < -0.4 is 0 Å². The largest absolute Gasteiger partial charge is 0.341 e. The van der Waals surface area contributed by atoms with Gasteiger partial charge in [0.2, 0.25) is 0 Å². The molecule has 0 heterocycles. The molecule has 0 radical (unpaired) electrons. The van der Waals surface area contributed by atoms with Gasteiger partial charge in [0, 0.05) is 29.5 Å². The number of hydrogen-bond acceptors (Lipinski definition) is 1. The number of carbonyl (C=O) groups excluding carboxylic acids is 1. The van der Waals surface area contributed by atoms with Gasteiger partial charge in [-0.25, -0.2) is 0 Å². The van der Waals surface area contributed by atoms with Gasteiger partial charge in [-0.3, -0.25) is 4.79 Å². The molecule has 0 aliphatic heterocycles. The van der Waals surface area contributed by atoms with Crippen LogP contribution in [-0.4, -0.2) is 30.3 Å². The summed E-state index contributed by atoms with van der Waals surface area (Å²) in [5, 5.41) is 0. The van der Waals surface area contributed by atoms with Crippen molar-refractivity contribution in [2.45, 2.75) is 6.92 Å². The van der Waals surface area contributed by atoms with Crippen LogP contribution in [0.15, 0.2) is 22.7 Å². The Morgan fingerprint density at radius 1 is 1.53 bits per heavy atom. The maximum absolute atomic E-state index is 11.9. The first-order valence-electron chi connectivity index (χ1n) is 4.64. The SMILES string of the molecule is Cc1cc(Br)ccc1C(=O)N(C)CCCl. The first-order chi connectivity index (χ1) is 7.06. The topological polar surface area (TPSA) is 20.3 Å². The van der Waals surface area contributed by atoms with Crippen molar-refractivity contribution in [3.63, 3.8) is 0 Å². The lowest BCUT2D eigenvalue weighted by Gasteiger charge is -2.16. The molecule has 15 heavy (non-hydrogen) atoms. The van der Waals surface area contributed by atoms with Crippen molar-refractivity contribution >= 4 is 33.4 Å². The van der Waals surface area contributed by atoms with Gasteiger partial charge >= 0.3 is 0 Å². The van der Waals surface area contributed by atoms with E-state index in [-0.39, 0.29) is 5.91 Å². The summed E-state index contributed by atoms with van der Waals surface area (Å²) in [5.41, 5.74) is 1.70. The molecule has 1 rings (SSSR count). The van der Waals surface area contributed by atoms with Crippen LogP contribution in [0.3, 0.4) is 0 Å². The number of halogens is 2. The quantitative estimate of drug-likeness (QED) is 0.784. The Morgan fingerprint density at radius 3 is 2.73 bits per heavy atom. The van der Waals surface area contributed by atoms with Crippen LogP contribution in [0.5, 0.6) is 0 Å². The summed E-state index contributed by atoms with van der Waals surface area (Å²) >= 11 is 8.96.